The summed E-state index contributed by atoms with van der Waals surface area (Å²) in [6.45, 7) is 0. The molecule has 0 spiro atoms. The molecule has 0 bridgehead atoms. The van der Waals surface area contributed by atoms with Gasteiger partial charge >= 0.3 is 6.36 Å². The summed E-state index contributed by atoms with van der Waals surface area (Å²) in [5.74, 6) is -0.266. The summed E-state index contributed by atoms with van der Waals surface area (Å²) in [5, 5.41) is 0. The van der Waals surface area contributed by atoms with Crippen molar-refractivity contribution in [3.63, 3.8) is 0 Å². The molecular weight excluding hydrogens is 229 g/mol. The quantitative estimate of drug-likeness (QED) is 0.765. The molecule has 2 rings (SSSR count). The highest BCUT2D eigenvalue weighted by atomic mass is 19.4. The van der Waals surface area contributed by atoms with E-state index in [2.05, 4.69) is 10.8 Å². The van der Waals surface area contributed by atoms with E-state index in [0.29, 0.717) is 0 Å². The lowest BCUT2D eigenvalue weighted by Crippen LogP contribution is -2.16. The lowest BCUT2D eigenvalue weighted by Gasteiger charge is -2.09. The van der Waals surface area contributed by atoms with Crippen LogP contribution in [-0.2, 0) is 0 Å². The predicted octanol–water partition coefficient (Wildman–Crippen LogP) is 4.05. The number of ether oxygens (including phenoxy) is 1. The average molecular weight is 237 g/mol. The number of benzene rings is 2. The molecule has 4 heteroatoms. The first-order valence-electron chi connectivity index (χ1n) is 4.87. The van der Waals surface area contributed by atoms with Crippen LogP contribution < -0.4 is 4.74 Å². The second-order valence-electron chi connectivity index (χ2n) is 3.35. The van der Waals surface area contributed by atoms with Crippen molar-refractivity contribution >= 4 is 0 Å². The van der Waals surface area contributed by atoms with E-state index in [9.17, 15) is 13.2 Å². The molecule has 0 unspecified atom stereocenters. The van der Waals surface area contributed by atoms with Gasteiger partial charge in [0.05, 0.1) is 0 Å². The molecule has 0 aliphatic heterocycles. The maximum atomic E-state index is 11.9. The van der Waals surface area contributed by atoms with Crippen LogP contribution in [0.4, 0.5) is 13.2 Å². The van der Waals surface area contributed by atoms with Gasteiger partial charge in [0, 0.05) is 0 Å². The molecule has 0 saturated carbocycles. The van der Waals surface area contributed by atoms with Crippen molar-refractivity contribution < 1.29 is 17.9 Å². The molecule has 0 atom stereocenters. The molecule has 0 heterocycles. The second-order valence-corrected chi connectivity index (χ2v) is 3.35. The Kier molecular flexibility index (Phi) is 3.04. The minimum Gasteiger partial charge on any atom is -0.406 e. The summed E-state index contributed by atoms with van der Waals surface area (Å²) < 4.78 is 39.5. The molecule has 1 radical (unpaired) electrons. The van der Waals surface area contributed by atoms with Gasteiger partial charge < -0.3 is 4.74 Å². The Morgan fingerprint density at radius 2 is 1.65 bits per heavy atom. The van der Waals surface area contributed by atoms with E-state index in [1.165, 1.54) is 18.2 Å². The van der Waals surface area contributed by atoms with Gasteiger partial charge in [-0.25, -0.2) is 0 Å². The second kappa shape index (κ2) is 4.49. The van der Waals surface area contributed by atoms with Gasteiger partial charge in [-0.1, -0.05) is 36.4 Å². The number of halogens is 3. The van der Waals surface area contributed by atoms with Crippen molar-refractivity contribution in [1.82, 2.24) is 0 Å². The summed E-state index contributed by atoms with van der Waals surface area (Å²) >= 11 is 0. The SMILES string of the molecule is FC(F)(F)Oc1c[c]c(-c2ccccc2)cc1. The van der Waals surface area contributed by atoms with Gasteiger partial charge in [0.1, 0.15) is 5.75 Å². The zero-order valence-corrected chi connectivity index (χ0v) is 8.66. The van der Waals surface area contributed by atoms with Gasteiger partial charge in [0.15, 0.2) is 0 Å². The van der Waals surface area contributed by atoms with Gasteiger partial charge in [0.25, 0.3) is 0 Å². The molecule has 0 N–H and O–H groups in total. The normalized spacial score (nSPS) is 11.2. The van der Waals surface area contributed by atoms with E-state index in [1.807, 2.05) is 30.3 Å². The summed E-state index contributed by atoms with van der Waals surface area (Å²) in [7, 11) is 0. The molecule has 0 aliphatic carbocycles. The van der Waals surface area contributed by atoms with Crippen molar-refractivity contribution in [2.24, 2.45) is 0 Å². The van der Waals surface area contributed by atoms with E-state index in [0.717, 1.165) is 11.1 Å². The smallest absolute Gasteiger partial charge is 0.406 e. The van der Waals surface area contributed by atoms with Gasteiger partial charge in [-0.2, -0.15) is 0 Å². The van der Waals surface area contributed by atoms with E-state index in [1.54, 1.807) is 0 Å². The molecule has 87 valence electrons. The topological polar surface area (TPSA) is 9.23 Å². The summed E-state index contributed by atoms with van der Waals surface area (Å²) in [6, 6.07) is 16.0. The Balaban J connectivity index is 2.19. The van der Waals surface area contributed by atoms with Crippen LogP contribution in [-0.4, -0.2) is 6.36 Å². The first-order chi connectivity index (χ1) is 8.04. The van der Waals surface area contributed by atoms with Crippen LogP contribution in [0.15, 0.2) is 48.5 Å². The zero-order valence-electron chi connectivity index (χ0n) is 8.66. The Labute approximate surface area is 96.5 Å². The maximum absolute atomic E-state index is 11.9. The van der Waals surface area contributed by atoms with E-state index in [-0.39, 0.29) is 5.75 Å². The highest BCUT2D eigenvalue weighted by Gasteiger charge is 2.30. The third kappa shape index (κ3) is 3.24. The number of rotatable bonds is 2. The number of hydrogen-bond donors (Lipinski definition) is 0. The van der Waals surface area contributed by atoms with E-state index >= 15 is 0 Å². The minimum absolute atomic E-state index is 0.266. The van der Waals surface area contributed by atoms with Crippen LogP contribution in [0.25, 0.3) is 11.1 Å². The molecule has 0 saturated heterocycles. The van der Waals surface area contributed by atoms with Crippen molar-refractivity contribution in [3.8, 4) is 16.9 Å². The molecule has 0 fully saturated rings. The fourth-order valence-electron chi connectivity index (χ4n) is 1.40. The fraction of sp³-hybridized carbons (Fsp3) is 0.0769. The Morgan fingerprint density at radius 3 is 2.18 bits per heavy atom. The van der Waals surface area contributed by atoms with Crippen LogP contribution in [0.2, 0.25) is 0 Å². The maximum Gasteiger partial charge on any atom is 0.573 e. The van der Waals surface area contributed by atoms with Crippen molar-refractivity contribution in [1.29, 1.82) is 0 Å². The van der Waals surface area contributed by atoms with Crippen molar-refractivity contribution in [2.75, 3.05) is 0 Å². The summed E-state index contributed by atoms with van der Waals surface area (Å²) in [5.41, 5.74) is 1.62. The molecule has 17 heavy (non-hydrogen) atoms. The highest BCUT2D eigenvalue weighted by Crippen LogP contribution is 2.25. The van der Waals surface area contributed by atoms with Crippen LogP contribution >= 0.6 is 0 Å². The van der Waals surface area contributed by atoms with Crippen molar-refractivity contribution in [2.45, 2.75) is 6.36 Å². The lowest BCUT2D eigenvalue weighted by atomic mass is 10.1. The molecule has 2 aromatic carbocycles. The van der Waals surface area contributed by atoms with E-state index in [4.69, 9.17) is 0 Å². The molecule has 2 aromatic rings. The van der Waals surface area contributed by atoms with Gasteiger partial charge in [-0.3, -0.25) is 0 Å². The molecule has 0 amide bonds. The predicted molar refractivity (Wildman–Crippen MR) is 57.4 cm³/mol. The molecule has 1 nitrogen and oxygen atoms in total. The van der Waals surface area contributed by atoms with Crippen molar-refractivity contribution in [3.05, 3.63) is 54.6 Å². The largest absolute Gasteiger partial charge is 0.573 e. The summed E-state index contributed by atoms with van der Waals surface area (Å²) in [6.07, 6.45) is -4.66. The Hall–Kier alpha value is -1.97. The fourth-order valence-corrected chi connectivity index (χ4v) is 1.40. The zero-order chi connectivity index (χ0) is 12.3. The highest BCUT2D eigenvalue weighted by molar-refractivity contribution is 5.63. The number of alkyl halides is 3. The third-order valence-electron chi connectivity index (χ3n) is 2.10. The first kappa shape index (κ1) is 11.5. The Morgan fingerprint density at radius 1 is 0.941 bits per heavy atom. The van der Waals surface area contributed by atoms with Crippen LogP contribution in [0.5, 0.6) is 5.75 Å². The summed E-state index contributed by atoms with van der Waals surface area (Å²) in [4.78, 5) is 0. The molecular formula is C13H8F3O. The lowest BCUT2D eigenvalue weighted by molar-refractivity contribution is -0.274. The molecule has 0 aromatic heterocycles. The average Bonchev–Trinajstić information content (AvgIpc) is 2.29. The third-order valence-corrected chi connectivity index (χ3v) is 2.10. The monoisotopic (exact) mass is 237 g/mol. The first-order valence-corrected chi connectivity index (χ1v) is 4.87. The van der Waals surface area contributed by atoms with Gasteiger partial charge in [-0.15, -0.1) is 13.2 Å². The van der Waals surface area contributed by atoms with Crippen LogP contribution in [0.3, 0.4) is 0 Å². The van der Waals surface area contributed by atoms with E-state index < -0.39 is 6.36 Å². The number of hydrogen-bond acceptors (Lipinski definition) is 1. The van der Waals surface area contributed by atoms with Crippen LogP contribution in [0, 0.1) is 6.07 Å². The van der Waals surface area contributed by atoms with Gasteiger partial charge in [-0.05, 0) is 29.3 Å². The van der Waals surface area contributed by atoms with Crippen LogP contribution in [0.1, 0.15) is 0 Å². The minimum atomic E-state index is -4.66. The standard InChI is InChI=1S/C13H8F3O/c14-13(15,16)17-12-8-6-11(7-9-12)10-4-2-1-3-5-10/h1-6,8-9H. The Bertz CT molecular complexity index is 474. The van der Waals surface area contributed by atoms with Gasteiger partial charge in [0.2, 0.25) is 0 Å². The molecule has 0 aliphatic rings.